The van der Waals surface area contributed by atoms with Crippen molar-refractivity contribution in [3.8, 4) is 0 Å². The highest BCUT2D eigenvalue weighted by atomic mass is 35.5. The lowest BCUT2D eigenvalue weighted by atomic mass is 9.75. The van der Waals surface area contributed by atoms with Gasteiger partial charge in [0, 0.05) is 43.3 Å². The number of amides is 2. The highest BCUT2D eigenvalue weighted by molar-refractivity contribution is 6.30. The van der Waals surface area contributed by atoms with Gasteiger partial charge in [-0.25, -0.2) is 9.97 Å². The van der Waals surface area contributed by atoms with Gasteiger partial charge in [-0.3, -0.25) is 9.59 Å². The van der Waals surface area contributed by atoms with E-state index in [1.54, 1.807) is 20.2 Å². The fraction of sp³-hybridized carbons (Fsp3) is 0.538. The zero-order chi connectivity index (χ0) is 23.8. The number of aromatic nitrogens is 2. The van der Waals surface area contributed by atoms with E-state index in [1.807, 2.05) is 36.1 Å². The van der Waals surface area contributed by atoms with Gasteiger partial charge in [-0.1, -0.05) is 43.5 Å². The molecule has 1 aliphatic carbocycles. The van der Waals surface area contributed by atoms with Crippen LogP contribution >= 0.6 is 11.6 Å². The van der Waals surface area contributed by atoms with E-state index in [0.717, 1.165) is 56.3 Å². The zero-order valence-electron chi connectivity index (χ0n) is 20.0. The minimum absolute atomic E-state index is 0.137. The van der Waals surface area contributed by atoms with Crippen molar-refractivity contribution in [3.63, 3.8) is 0 Å². The van der Waals surface area contributed by atoms with Crippen LogP contribution < -0.4 is 0 Å². The summed E-state index contributed by atoms with van der Waals surface area (Å²) < 4.78 is 0. The average Bonchev–Trinajstić information content (AvgIpc) is 3.29. The Bertz CT molecular complexity index is 1050. The van der Waals surface area contributed by atoms with Crippen molar-refractivity contribution in [2.45, 2.75) is 63.2 Å². The molecule has 0 bridgehead atoms. The van der Waals surface area contributed by atoms with E-state index in [4.69, 9.17) is 16.6 Å². The number of halogens is 1. The molecule has 0 spiro atoms. The van der Waals surface area contributed by atoms with Crippen molar-refractivity contribution in [1.29, 1.82) is 0 Å². The molecule has 4 rings (SSSR count). The predicted molar refractivity (Wildman–Crippen MR) is 130 cm³/mol. The van der Waals surface area contributed by atoms with Crippen LogP contribution in [-0.2, 0) is 15.6 Å². The van der Waals surface area contributed by atoms with Gasteiger partial charge in [-0.15, -0.1) is 0 Å². The summed E-state index contributed by atoms with van der Waals surface area (Å²) in [6.45, 7) is 5.30. The van der Waals surface area contributed by atoms with Gasteiger partial charge in [0.15, 0.2) is 0 Å². The molecule has 1 aliphatic heterocycles. The van der Waals surface area contributed by atoms with Gasteiger partial charge in [0.1, 0.15) is 11.5 Å². The van der Waals surface area contributed by atoms with E-state index in [1.165, 1.54) is 4.90 Å². The standard InChI is InChI=1S/C26H33ClN4O2/c1-18-16-21(22(32)30(3)4)29-23(28-18)25(2)12-7-15-31(17-25)24(33)26(13-5-6-14-26)19-8-10-20(27)11-9-19/h8-11,16H,5-7,12-15,17H2,1-4H3/t25-/m0/s1. The second-order valence-electron chi connectivity index (χ2n) is 10.1. The van der Waals surface area contributed by atoms with Crippen LogP contribution in [0.4, 0.5) is 0 Å². The third kappa shape index (κ3) is 4.50. The summed E-state index contributed by atoms with van der Waals surface area (Å²) in [4.78, 5) is 39.5. The van der Waals surface area contributed by atoms with E-state index in [0.29, 0.717) is 23.1 Å². The molecule has 1 aromatic carbocycles. The maximum absolute atomic E-state index is 14.0. The van der Waals surface area contributed by atoms with Crippen molar-refractivity contribution in [2.75, 3.05) is 27.2 Å². The van der Waals surface area contributed by atoms with Gasteiger partial charge < -0.3 is 9.80 Å². The number of piperidine rings is 1. The van der Waals surface area contributed by atoms with Gasteiger partial charge in [0.2, 0.25) is 5.91 Å². The molecule has 0 radical (unpaired) electrons. The van der Waals surface area contributed by atoms with Crippen LogP contribution in [0.1, 0.15) is 73.0 Å². The summed E-state index contributed by atoms with van der Waals surface area (Å²) in [5, 5.41) is 0.685. The second kappa shape index (κ2) is 9.05. The van der Waals surface area contributed by atoms with Gasteiger partial charge >= 0.3 is 0 Å². The highest BCUT2D eigenvalue weighted by Crippen LogP contribution is 2.44. The van der Waals surface area contributed by atoms with Gasteiger partial charge in [0.25, 0.3) is 5.91 Å². The Morgan fingerprint density at radius 2 is 1.70 bits per heavy atom. The van der Waals surface area contributed by atoms with Crippen molar-refractivity contribution < 1.29 is 9.59 Å². The molecule has 2 heterocycles. The molecular formula is C26H33ClN4O2. The fourth-order valence-electron chi connectivity index (χ4n) is 5.45. The summed E-state index contributed by atoms with van der Waals surface area (Å²) in [5.74, 6) is 0.712. The first kappa shape index (κ1) is 23.7. The third-order valence-electron chi connectivity index (χ3n) is 7.27. The largest absolute Gasteiger partial charge is 0.343 e. The minimum Gasteiger partial charge on any atom is -0.343 e. The Morgan fingerprint density at radius 3 is 2.33 bits per heavy atom. The molecule has 2 fully saturated rings. The van der Waals surface area contributed by atoms with E-state index in [9.17, 15) is 9.59 Å². The molecule has 0 N–H and O–H groups in total. The van der Waals surface area contributed by atoms with Crippen LogP contribution in [0.5, 0.6) is 0 Å². The van der Waals surface area contributed by atoms with Crippen molar-refractivity contribution >= 4 is 23.4 Å². The van der Waals surface area contributed by atoms with Gasteiger partial charge in [-0.05, 0) is 56.4 Å². The van der Waals surface area contributed by atoms with Crippen LogP contribution in [0, 0.1) is 6.92 Å². The fourth-order valence-corrected chi connectivity index (χ4v) is 5.57. The topological polar surface area (TPSA) is 66.4 Å². The van der Waals surface area contributed by atoms with Crippen molar-refractivity contribution in [3.05, 3.63) is 58.1 Å². The normalized spacial score (nSPS) is 22.3. The Morgan fingerprint density at radius 1 is 1.03 bits per heavy atom. The molecule has 1 atom stereocenters. The minimum atomic E-state index is -0.484. The molecule has 6 nitrogen and oxygen atoms in total. The van der Waals surface area contributed by atoms with E-state index in [-0.39, 0.29) is 11.8 Å². The number of carbonyl (C=O) groups is 2. The Hall–Kier alpha value is -2.47. The first-order chi connectivity index (χ1) is 15.6. The molecule has 1 aromatic heterocycles. The number of carbonyl (C=O) groups excluding carboxylic acids is 2. The van der Waals surface area contributed by atoms with Crippen LogP contribution in [0.3, 0.4) is 0 Å². The maximum Gasteiger partial charge on any atom is 0.272 e. The predicted octanol–water partition coefficient (Wildman–Crippen LogP) is 4.53. The molecule has 1 saturated carbocycles. The monoisotopic (exact) mass is 468 g/mol. The average molecular weight is 469 g/mol. The lowest BCUT2D eigenvalue weighted by Crippen LogP contribution is -2.53. The lowest BCUT2D eigenvalue weighted by molar-refractivity contribution is -0.139. The number of rotatable bonds is 4. The first-order valence-corrected chi connectivity index (χ1v) is 12.2. The molecule has 7 heteroatoms. The summed E-state index contributed by atoms with van der Waals surface area (Å²) in [7, 11) is 3.44. The summed E-state index contributed by atoms with van der Waals surface area (Å²) in [6.07, 6.45) is 5.59. The third-order valence-corrected chi connectivity index (χ3v) is 7.52. The van der Waals surface area contributed by atoms with Crippen LogP contribution in [-0.4, -0.2) is 58.8 Å². The number of hydrogen-bond acceptors (Lipinski definition) is 4. The quantitative estimate of drug-likeness (QED) is 0.661. The Kier molecular flexibility index (Phi) is 6.50. The number of aryl methyl sites for hydroxylation is 1. The van der Waals surface area contributed by atoms with Crippen LogP contribution in [0.2, 0.25) is 5.02 Å². The molecule has 176 valence electrons. The van der Waals surface area contributed by atoms with Crippen LogP contribution in [0.25, 0.3) is 0 Å². The van der Waals surface area contributed by atoms with E-state index >= 15 is 0 Å². The lowest BCUT2D eigenvalue weighted by Gasteiger charge is -2.43. The van der Waals surface area contributed by atoms with Gasteiger partial charge in [0.05, 0.1) is 5.41 Å². The molecule has 0 unspecified atom stereocenters. The highest BCUT2D eigenvalue weighted by Gasteiger charge is 2.47. The molecule has 2 aliphatic rings. The van der Waals surface area contributed by atoms with E-state index < -0.39 is 10.8 Å². The summed E-state index contributed by atoms with van der Waals surface area (Å²) >= 11 is 6.13. The number of benzene rings is 1. The van der Waals surface area contributed by atoms with Crippen molar-refractivity contribution in [2.24, 2.45) is 0 Å². The summed E-state index contributed by atoms with van der Waals surface area (Å²) in [5.41, 5.74) is 1.35. The molecule has 33 heavy (non-hydrogen) atoms. The molecule has 2 amide bonds. The molecular weight excluding hydrogens is 436 g/mol. The van der Waals surface area contributed by atoms with Gasteiger partial charge in [-0.2, -0.15) is 0 Å². The second-order valence-corrected chi connectivity index (χ2v) is 10.5. The number of likely N-dealkylation sites (tertiary alicyclic amines) is 1. The number of hydrogen-bond donors (Lipinski definition) is 0. The number of nitrogens with zero attached hydrogens (tertiary/aromatic N) is 4. The Labute approximate surface area is 201 Å². The van der Waals surface area contributed by atoms with Crippen molar-refractivity contribution in [1.82, 2.24) is 19.8 Å². The van der Waals surface area contributed by atoms with E-state index in [2.05, 4.69) is 11.9 Å². The Balaban J connectivity index is 1.65. The first-order valence-electron chi connectivity index (χ1n) is 11.8. The SMILES string of the molecule is Cc1cc(C(=O)N(C)C)nc([C@@]2(C)CCCN(C(=O)C3(c4ccc(Cl)cc4)CCCC3)C2)n1. The molecule has 1 saturated heterocycles. The summed E-state index contributed by atoms with van der Waals surface area (Å²) in [6, 6.07) is 9.52. The maximum atomic E-state index is 14.0. The smallest absolute Gasteiger partial charge is 0.272 e. The molecule has 2 aromatic rings. The van der Waals surface area contributed by atoms with Crippen LogP contribution in [0.15, 0.2) is 30.3 Å². The zero-order valence-corrected chi connectivity index (χ0v) is 20.8.